The summed E-state index contributed by atoms with van der Waals surface area (Å²) in [5.41, 5.74) is 2.89. The third-order valence-electron chi connectivity index (χ3n) is 10.9. The number of amides is 1. The zero-order valence-corrected chi connectivity index (χ0v) is 33.8. The number of carbonyl (C=O) groups is 2. The largest absolute Gasteiger partial charge is 0.444 e. The Morgan fingerprint density at radius 3 is 2.39 bits per heavy atom. The number of nitrogens with zero attached hydrogens (tertiary/aromatic N) is 8. The van der Waals surface area contributed by atoms with Gasteiger partial charge in [-0.3, -0.25) is 0 Å². The number of hydrogen-bond donors (Lipinski definition) is 0. The van der Waals surface area contributed by atoms with Gasteiger partial charge >= 0.3 is 12.2 Å². The highest BCUT2D eigenvalue weighted by Gasteiger charge is 2.69. The molecule has 14 heteroatoms. The molecule has 3 saturated carbocycles. The lowest BCUT2D eigenvalue weighted by atomic mass is 9.42. The van der Waals surface area contributed by atoms with Gasteiger partial charge in [0.05, 0.1) is 36.5 Å². The van der Waals surface area contributed by atoms with Crippen LogP contribution in [-0.4, -0.2) is 90.5 Å². The van der Waals surface area contributed by atoms with Gasteiger partial charge in [0.25, 0.3) is 0 Å². The van der Waals surface area contributed by atoms with Crippen LogP contribution < -0.4 is 4.90 Å². The SMILES string of the molecule is CN(C)c1cc(-c2cn(Cc3ccc4cc(CN(CC56CC(F)(C5)C6)C(=O)OC(C)(C)C)n(C(=O)OC(C)(C)C)c4c3)nn2)c2cnn(C3CCCCO3)c2c1. The van der Waals surface area contributed by atoms with Crippen molar-refractivity contribution in [2.75, 3.05) is 32.1 Å². The van der Waals surface area contributed by atoms with E-state index in [1.54, 1.807) is 14.1 Å². The van der Waals surface area contributed by atoms with E-state index in [9.17, 15) is 14.0 Å². The third kappa shape index (κ3) is 7.47. The Bertz CT molecular complexity index is 2280. The van der Waals surface area contributed by atoms with Crippen LogP contribution in [0.25, 0.3) is 33.1 Å². The molecule has 1 unspecified atom stereocenters. The van der Waals surface area contributed by atoms with E-state index in [1.165, 1.54) is 0 Å². The molecule has 13 nitrogen and oxygen atoms in total. The lowest BCUT2D eigenvalue weighted by molar-refractivity contribution is -0.220. The van der Waals surface area contributed by atoms with Crippen LogP contribution in [0.3, 0.4) is 0 Å². The molecule has 2 bridgehead atoms. The molecule has 4 aliphatic rings. The van der Waals surface area contributed by atoms with Crippen molar-refractivity contribution in [3.8, 4) is 11.3 Å². The van der Waals surface area contributed by atoms with Gasteiger partial charge in [-0.15, -0.1) is 5.10 Å². The average molecular weight is 769 g/mol. The lowest BCUT2D eigenvalue weighted by Gasteiger charge is -2.66. The summed E-state index contributed by atoms with van der Waals surface area (Å²) in [5, 5.41) is 15.7. The molecular weight excluding hydrogens is 716 g/mol. The van der Waals surface area contributed by atoms with Gasteiger partial charge in [0, 0.05) is 55.0 Å². The Balaban J connectivity index is 1.11. The molecule has 1 aliphatic heterocycles. The fraction of sp³-hybridized carbons (Fsp3) is 0.548. The normalized spacial score (nSPS) is 22.1. The molecule has 3 aromatic heterocycles. The van der Waals surface area contributed by atoms with E-state index in [2.05, 4.69) is 27.3 Å². The van der Waals surface area contributed by atoms with Crippen molar-refractivity contribution in [1.82, 2.24) is 34.2 Å². The fourth-order valence-electron chi connectivity index (χ4n) is 8.61. The monoisotopic (exact) mass is 768 g/mol. The number of rotatable bonds is 9. The van der Waals surface area contributed by atoms with Crippen molar-refractivity contribution in [2.45, 2.75) is 116 Å². The summed E-state index contributed by atoms with van der Waals surface area (Å²) in [6.45, 7) is 12.5. The second-order valence-corrected chi connectivity index (χ2v) is 18.4. The number of carbonyl (C=O) groups excluding carboxylic acids is 2. The van der Waals surface area contributed by atoms with Gasteiger partial charge in [-0.1, -0.05) is 17.3 Å². The molecule has 4 fully saturated rings. The Kier molecular flexibility index (Phi) is 9.21. The maximum absolute atomic E-state index is 14.6. The molecule has 4 heterocycles. The highest BCUT2D eigenvalue weighted by Crippen LogP contribution is 2.69. The van der Waals surface area contributed by atoms with Crippen LogP contribution in [-0.2, 0) is 27.3 Å². The van der Waals surface area contributed by atoms with Crippen molar-refractivity contribution in [1.29, 1.82) is 0 Å². The number of aromatic nitrogens is 6. The standard InChI is InChI=1S/C42H53FN8O5/c1-39(2,3)55-37(52)48(26-41-23-42(43,24-41)25-41)21-30-16-28-13-12-27(15-34(28)50(30)38(53)56-40(4,5)6)20-49-22-33(45-46-49)31-17-29(47(7)8)18-35-32(31)19-44-51(35)36-11-9-10-14-54-36/h12-13,15-19,22,36H,9-11,14,20-21,23-26H2,1-8H3. The first-order valence-corrected chi connectivity index (χ1v) is 19.6. The van der Waals surface area contributed by atoms with Gasteiger partial charge in [0.2, 0.25) is 0 Å². The van der Waals surface area contributed by atoms with Crippen LogP contribution in [0.15, 0.2) is 48.8 Å². The van der Waals surface area contributed by atoms with Crippen LogP contribution in [0.2, 0.25) is 0 Å². The van der Waals surface area contributed by atoms with Gasteiger partial charge in [-0.05, 0) is 115 Å². The molecule has 298 valence electrons. The second-order valence-electron chi connectivity index (χ2n) is 18.4. The number of benzene rings is 2. The number of alkyl halides is 1. The molecule has 5 aromatic rings. The Morgan fingerprint density at radius 2 is 1.73 bits per heavy atom. The van der Waals surface area contributed by atoms with Crippen LogP contribution in [0, 0.1) is 5.41 Å². The Morgan fingerprint density at radius 1 is 0.982 bits per heavy atom. The zero-order chi connectivity index (χ0) is 39.8. The minimum Gasteiger partial charge on any atom is -0.444 e. The third-order valence-corrected chi connectivity index (χ3v) is 10.9. The van der Waals surface area contributed by atoms with E-state index < -0.39 is 29.1 Å². The molecular formula is C42H53FN8O5. The average Bonchev–Trinajstić information content (AvgIpc) is 3.82. The van der Waals surface area contributed by atoms with Crippen LogP contribution >= 0.6 is 0 Å². The minimum absolute atomic E-state index is 0.0928. The van der Waals surface area contributed by atoms with Gasteiger partial charge < -0.3 is 24.0 Å². The topological polar surface area (TPSA) is 122 Å². The lowest BCUT2D eigenvalue weighted by Crippen LogP contribution is -2.68. The Labute approximate surface area is 326 Å². The predicted molar refractivity (Wildman–Crippen MR) is 211 cm³/mol. The summed E-state index contributed by atoms with van der Waals surface area (Å²) in [6.07, 6.45) is 7.05. The number of ether oxygens (including phenoxy) is 3. The molecule has 1 saturated heterocycles. The molecule has 0 N–H and O–H groups in total. The summed E-state index contributed by atoms with van der Waals surface area (Å²) < 4.78 is 37.7. The maximum Gasteiger partial charge on any atom is 0.419 e. The van der Waals surface area contributed by atoms with Crippen molar-refractivity contribution < 1.29 is 28.2 Å². The second kappa shape index (κ2) is 13.6. The predicted octanol–water partition coefficient (Wildman–Crippen LogP) is 8.48. The summed E-state index contributed by atoms with van der Waals surface area (Å²) >= 11 is 0. The van der Waals surface area contributed by atoms with E-state index in [4.69, 9.17) is 19.3 Å². The number of fused-ring (bicyclic) bond motifs is 2. The van der Waals surface area contributed by atoms with Gasteiger partial charge in [0.15, 0.2) is 6.23 Å². The van der Waals surface area contributed by atoms with E-state index in [0.29, 0.717) is 49.3 Å². The summed E-state index contributed by atoms with van der Waals surface area (Å²) in [5.74, 6) is 0. The van der Waals surface area contributed by atoms with Gasteiger partial charge in [-0.2, -0.15) is 5.10 Å². The molecule has 2 aromatic carbocycles. The van der Waals surface area contributed by atoms with Gasteiger partial charge in [0.1, 0.15) is 22.6 Å². The molecule has 9 rings (SSSR count). The van der Waals surface area contributed by atoms with Crippen molar-refractivity contribution in [2.24, 2.45) is 5.41 Å². The smallest absolute Gasteiger partial charge is 0.419 e. The number of hydrogen-bond acceptors (Lipinski definition) is 9. The van der Waals surface area contributed by atoms with E-state index in [0.717, 1.165) is 59.0 Å². The highest BCUT2D eigenvalue weighted by molar-refractivity contribution is 5.96. The number of halogens is 1. The maximum atomic E-state index is 14.6. The van der Waals surface area contributed by atoms with Crippen LogP contribution in [0.4, 0.5) is 19.7 Å². The van der Waals surface area contributed by atoms with E-state index in [-0.39, 0.29) is 18.2 Å². The molecule has 56 heavy (non-hydrogen) atoms. The van der Waals surface area contributed by atoms with Crippen molar-refractivity contribution >= 4 is 39.7 Å². The molecule has 0 radical (unpaired) electrons. The van der Waals surface area contributed by atoms with E-state index >= 15 is 0 Å². The molecule has 1 atom stereocenters. The number of anilines is 1. The summed E-state index contributed by atoms with van der Waals surface area (Å²) in [6, 6.07) is 12.1. The Hall–Kier alpha value is -4.98. The quantitative estimate of drug-likeness (QED) is 0.145. The first-order valence-electron chi connectivity index (χ1n) is 19.6. The first kappa shape index (κ1) is 37.9. The summed E-state index contributed by atoms with van der Waals surface area (Å²) in [4.78, 5) is 31.3. The van der Waals surface area contributed by atoms with Gasteiger partial charge in [-0.25, -0.2) is 27.9 Å². The molecule has 0 spiro atoms. The van der Waals surface area contributed by atoms with E-state index in [1.807, 2.05) is 97.0 Å². The fourth-order valence-corrected chi connectivity index (χ4v) is 8.61. The molecule has 1 amide bonds. The van der Waals surface area contributed by atoms with Crippen LogP contribution in [0.5, 0.6) is 0 Å². The summed E-state index contributed by atoms with van der Waals surface area (Å²) in [7, 11) is 4.03. The highest BCUT2D eigenvalue weighted by atomic mass is 19.1. The zero-order valence-electron chi connectivity index (χ0n) is 33.8. The van der Waals surface area contributed by atoms with Crippen molar-refractivity contribution in [3.63, 3.8) is 0 Å². The molecule has 3 aliphatic carbocycles. The van der Waals surface area contributed by atoms with Crippen molar-refractivity contribution in [3.05, 3.63) is 60.0 Å². The first-order chi connectivity index (χ1) is 26.4. The minimum atomic E-state index is -1.11. The van der Waals surface area contributed by atoms with Crippen LogP contribution in [0.1, 0.15) is 97.6 Å².